The van der Waals surface area contributed by atoms with Crippen molar-refractivity contribution < 1.29 is 33.3 Å². The van der Waals surface area contributed by atoms with Gasteiger partial charge in [0.05, 0.1) is 18.7 Å². The molecule has 1 fully saturated rings. The van der Waals surface area contributed by atoms with Crippen molar-refractivity contribution in [1.82, 2.24) is 0 Å². The molecule has 0 saturated carbocycles. The van der Waals surface area contributed by atoms with Crippen molar-refractivity contribution >= 4 is 29.2 Å². The van der Waals surface area contributed by atoms with E-state index in [0.29, 0.717) is 41.8 Å². The molecule has 174 valence electrons. The Hall–Kier alpha value is -3.75. The van der Waals surface area contributed by atoms with Gasteiger partial charge in [0.1, 0.15) is 19.0 Å². The number of carbonyl (C=O) groups excluding carboxylic acids is 3. The van der Waals surface area contributed by atoms with Gasteiger partial charge in [0, 0.05) is 24.7 Å². The number of nitrogens with one attached hydrogen (secondary N) is 1. The zero-order valence-electron chi connectivity index (χ0n) is 18.8. The van der Waals surface area contributed by atoms with E-state index in [-0.39, 0.29) is 18.9 Å². The summed E-state index contributed by atoms with van der Waals surface area (Å²) in [6.07, 6.45) is -1.03. The number of fused-ring (bicyclic) bond motifs is 1. The van der Waals surface area contributed by atoms with Crippen LogP contribution in [-0.4, -0.2) is 50.8 Å². The van der Waals surface area contributed by atoms with Crippen LogP contribution in [0.2, 0.25) is 0 Å². The highest BCUT2D eigenvalue weighted by Crippen LogP contribution is 2.35. The van der Waals surface area contributed by atoms with Crippen LogP contribution >= 0.6 is 0 Å². The maximum Gasteiger partial charge on any atom is 0.312 e. The van der Waals surface area contributed by atoms with Gasteiger partial charge in [0.15, 0.2) is 17.6 Å². The number of methoxy groups -OCH3 is 1. The van der Waals surface area contributed by atoms with Crippen LogP contribution in [0.3, 0.4) is 0 Å². The van der Waals surface area contributed by atoms with Crippen molar-refractivity contribution in [3.05, 3.63) is 42.0 Å². The monoisotopic (exact) mass is 454 g/mol. The minimum absolute atomic E-state index is 0.00638. The molecule has 2 aromatic carbocycles. The third-order valence-corrected chi connectivity index (χ3v) is 5.56. The summed E-state index contributed by atoms with van der Waals surface area (Å²) >= 11 is 0. The van der Waals surface area contributed by atoms with Crippen LogP contribution in [0.5, 0.6) is 17.2 Å². The van der Waals surface area contributed by atoms with E-state index in [2.05, 4.69) is 5.32 Å². The quantitative estimate of drug-likeness (QED) is 0.670. The van der Waals surface area contributed by atoms with E-state index in [1.165, 1.54) is 18.9 Å². The lowest BCUT2D eigenvalue weighted by molar-refractivity contribution is -0.157. The molecular formula is C24H26N2O7. The van der Waals surface area contributed by atoms with Crippen molar-refractivity contribution in [2.75, 3.05) is 37.1 Å². The first kappa shape index (κ1) is 22.4. The Balaban J connectivity index is 1.36. The third kappa shape index (κ3) is 4.87. The Kier molecular flexibility index (Phi) is 6.39. The number of aryl methyl sites for hydroxylation is 1. The first-order chi connectivity index (χ1) is 15.9. The number of anilines is 2. The SMILES string of the molecule is COc1ccc(C)cc1N1CC(C(=O)OC(C)C(=O)Nc2ccc3c(c2)OCCO3)CC1=O. The predicted octanol–water partition coefficient (Wildman–Crippen LogP) is 2.70. The van der Waals surface area contributed by atoms with Crippen molar-refractivity contribution in [2.45, 2.75) is 26.4 Å². The molecule has 9 heteroatoms. The maximum atomic E-state index is 12.7. The second kappa shape index (κ2) is 9.40. The van der Waals surface area contributed by atoms with Crippen LogP contribution in [0.25, 0.3) is 0 Å². The zero-order chi connectivity index (χ0) is 23.5. The van der Waals surface area contributed by atoms with E-state index in [4.69, 9.17) is 18.9 Å². The first-order valence-electron chi connectivity index (χ1n) is 10.7. The average molecular weight is 454 g/mol. The van der Waals surface area contributed by atoms with Crippen molar-refractivity contribution in [3.8, 4) is 17.2 Å². The highest BCUT2D eigenvalue weighted by molar-refractivity contribution is 6.01. The van der Waals surface area contributed by atoms with Gasteiger partial charge in [0.25, 0.3) is 5.91 Å². The third-order valence-electron chi connectivity index (χ3n) is 5.56. The molecule has 2 unspecified atom stereocenters. The number of carbonyl (C=O) groups is 3. The molecule has 1 N–H and O–H groups in total. The summed E-state index contributed by atoms with van der Waals surface area (Å²) in [5.41, 5.74) is 2.08. The minimum Gasteiger partial charge on any atom is -0.495 e. The number of nitrogens with zero attached hydrogens (tertiary/aromatic N) is 1. The first-order valence-corrected chi connectivity index (χ1v) is 10.7. The van der Waals surface area contributed by atoms with Gasteiger partial charge in [-0.3, -0.25) is 14.4 Å². The maximum absolute atomic E-state index is 12.7. The lowest BCUT2D eigenvalue weighted by Gasteiger charge is -2.21. The largest absolute Gasteiger partial charge is 0.495 e. The summed E-state index contributed by atoms with van der Waals surface area (Å²) < 4.78 is 21.7. The second-order valence-corrected chi connectivity index (χ2v) is 8.01. The fraction of sp³-hybridized carbons (Fsp3) is 0.375. The second-order valence-electron chi connectivity index (χ2n) is 8.01. The van der Waals surface area contributed by atoms with E-state index in [9.17, 15) is 14.4 Å². The molecule has 0 bridgehead atoms. The molecule has 2 aromatic rings. The van der Waals surface area contributed by atoms with Crippen LogP contribution < -0.4 is 24.4 Å². The van der Waals surface area contributed by atoms with Crippen LogP contribution in [0.15, 0.2) is 36.4 Å². The van der Waals surface area contributed by atoms with Gasteiger partial charge in [0.2, 0.25) is 5.91 Å². The van der Waals surface area contributed by atoms with E-state index >= 15 is 0 Å². The number of ether oxygens (including phenoxy) is 4. The summed E-state index contributed by atoms with van der Waals surface area (Å²) in [6.45, 7) is 4.47. The Morgan fingerprint density at radius 2 is 1.88 bits per heavy atom. The smallest absolute Gasteiger partial charge is 0.312 e. The Bertz CT molecular complexity index is 1080. The molecule has 0 spiro atoms. The Morgan fingerprint density at radius 1 is 1.12 bits per heavy atom. The van der Waals surface area contributed by atoms with Crippen molar-refractivity contribution in [2.24, 2.45) is 5.92 Å². The molecule has 0 radical (unpaired) electrons. The fourth-order valence-electron chi connectivity index (χ4n) is 3.80. The predicted molar refractivity (Wildman–Crippen MR) is 120 cm³/mol. The summed E-state index contributed by atoms with van der Waals surface area (Å²) in [7, 11) is 1.53. The van der Waals surface area contributed by atoms with E-state index < -0.39 is 23.9 Å². The topological polar surface area (TPSA) is 103 Å². The fourth-order valence-corrected chi connectivity index (χ4v) is 3.80. The number of benzene rings is 2. The normalized spacial score (nSPS) is 18.0. The van der Waals surface area contributed by atoms with E-state index in [0.717, 1.165) is 5.56 Å². The highest BCUT2D eigenvalue weighted by Gasteiger charge is 2.38. The molecule has 2 atom stereocenters. The minimum atomic E-state index is -1.04. The van der Waals surface area contributed by atoms with Gasteiger partial charge in [-0.25, -0.2) is 0 Å². The van der Waals surface area contributed by atoms with Crippen LogP contribution in [0, 0.1) is 12.8 Å². The molecule has 2 amide bonds. The molecule has 0 aromatic heterocycles. The molecule has 2 aliphatic rings. The highest BCUT2D eigenvalue weighted by atomic mass is 16.6. The molecule has 0 aliphatic carbocycles. The molecule has 2 heterocycles. The van der Waals surface area contributed by atoms with Crippen LogP contribution in [0.1, 0.15) is 18.9 Å². The van der Waals surface area contributed by atoms with Crippen LogP contribution in [0.4, 0.5) is 11.4 Å². The summed E-state index contributed by atoms with van der Waals surface area (Å²) in [5, 5.41) is 2.71. The van der Waals surface area contributed by atoms with Gasteiger partial charge in [-0.2, -0.15) is 0 Å². The number of rotatable bonds is 6. The number of hydrogen-bond donors (Lipinski definition) is 1. The van der Waals surface area contributed by atoms with Gasteiger partial charge >= 0.3 is 5.97 Å². The number of esters is 1. The van der Waals surface area contributed by atoms with E-state index in [1.54, 1.807) is 24.3 Å². The zero-order valence-corrected chi connectivity index (χ0v) is 18.8. The molecule has 2 aliphatic heterocycles. The van der Waals surface area contributed by atoms with E-state index in [1.807, 2.05) is 19.1 Å². The van der Waals surface area contributed by atoms with Gasteiger partial charge in [-0.15, -0.1) is 0 Å². The molecular weight excluding hydrogens is 428 g/mol. The Morgan fingerprint density at radius 3 is 2.64 bits per heavy atom. The number of amides is 2. The lowest BCUT2D eigenvalue weighted by Crippen LogP contribution is -2.33. The standard InChI is InChI=1S/C24H26N2O7/c1-14-4-6-19(30-3)18(10-14)26-13-16(11-22(26)27)24(29)33-15(2)23(28)25-17-5-7-20-21(12-17)32-9-8-31-20/h4-7,10,12,15-16H,8-9,11,13H2,1-3H3,(H,25,28). The summed E-state index contributed by atoms with van der Waals surface area (Å²) in [4.78, 5) is 39.4. The van der Waals surface area contributed by atoms with Crippen molar-refractivity contribution in [3.63, 3.8) is 0 Å². The van der Waals surface area contributed by atoms with Crippen LogP contribution in [-0.2, 0) is 19.1 Å². The Labute approximate surface area is 191 Å². The molecule has 9 nitrogen and oxygen atoms in total. The van der Waals surface area contributed by atoms with Gasteiger partial charge in [-0.1, -0.05) is 6.07 Å². The van der Waals surface area contributed by atoms with Crippen molar-refractivity contribution in [1.29, 1.82) is 0 Å². The molecule has 33 heavy (non-hydrogen) atoms. The number of hydrogen-bond acceptors (Lipinski definition) is 7. The summed E-state index contributed by atoms with van der Waals surface area (Å²) in [5.74, 6) is -0.250. The summed E-state index contributed by atoms with van der Waals surface area (Å²) in [6, 6.07) is 10.6. The average Bonchev–Trinajstić information content (AvgIpc) is 3.20. The lowest BCUT2D eigenvalue weighted by atomic mass is 10.1. The molecule has 4 rings (SSSR count). The van der Waals surface area contributed by atoms with Gasteiger partial charge in [-0.05, 0) is 43.7 Å². The van der Waals surface area contributed by atoms with Gasteiger partial charge < -0.3 is 29.2 Å². The molecule has 1 saturated heterocycles.